The maximum absolute atomic E-state index is 14.5. The molecule has 0 saturated carbocycles. The Kier molecular flexibility index (Phi) is 4.79. The van der Waals surface area contributed by atoms with Gasteiger partial charge in [-0.25, -0.2) is 8.78 Å². The number of rotatable bonds is 5. The first-order valence-electron chi connectivity index (χ1n) is 10.1. The van der Waals surface area contributed by atoms with Crippen molar-refractivity contribution in [1.82, 2.24) is 0 Å². The van der Waals surface area contributed by atoms with Crippen molar-refractivity contribution in [1.29, 1.82) is 0 Å². The Bertz CT molecular complexity index is 1060. The number of benzene rings is 2. The molecular weight excluding hydrogens is 382 g/mol. The molecule has 0 saturated heterocycles. The second-order valence-electron chi connectivity index (χ2n) is 7.62. The largest absolute Gasteiger partial charge is 0.204 e. The third kappa shape index (κ3) is 2.95. The number of thioether (sulfide) groups is 1. The first-order valence-corrected chi connectivity index (χ1v) is 11.2. The number of hydrogen-bond acceptors (Lipinski definition) is 1. The highest BCUT2D eigenvalue weighted by molar-refractivity contribution is 8.00. The molecule has 3 aliphatic carbocycles. The first-order chi connectivity index (χ1) is 14.2. The van der Waals surface area contributed by atoms with Crippen LogP contribution in [0.5, 0.6) is 0 Å². The summed E-state index contributed by atoms with van der Waals surface area (Å²) >= 11 is 1.91. The van der Waals surface area contributed by atoms with E-state index in [4.69, 9.17) is 0 Å². The zero-order chi connectivity index (χ0) is 20.0. The summed E-state index contributed by atoms with van der Waals surface area (Å²) in [5, 5.41) is 0.193. The van der Waals surface area contributed by atoms with Crippen molar-refractivity contribution in [2.24, 2.45) is 0 Å². The summed E-state index contributed by atoms with van der Waals surface area (Å²) in [5.74, 6) is -0.212. The second-order valence-corrected chi connectivity index (χ2v) is 9.04. The van der Waals surface area contributed by atoms with Crippen LogP contribution in [0.4, 0.5) is 8.78 Å². The summed E-state index contributed by atoms with van der Waals surface area (Å²) in [6, 6.07) is 17.2. The third-order valence-corrected chi connectivity index (χ3v) is 7.38. The fraction of sp³-hybridized carbons (Fsp3) is 0.231. The van der Waals surface area contributed by atoms with Gasteiger partial charge < -0.3 is 0 Å². The van der Waals surface area contributed by atoms with Gasteiger partial charge in [-0.2, -0.15) is 11.8 Å². The number of fused-ring (bicyclic) bond motifs is 3. The minimum absolute atomic E-state index is 0.193. The predicted molar refractivity (Wildman–Crippen MR) is 118 cm³/mol. The zero-order valence-corrected chi connectivity index (χ0v) is 17.1. The van der Waals surface area contributed by atoms with E-state index in [9.17, 15) is 8.78 Å². The fourth-order valence-corrected chi connectivity index (χ4v) is 6.20. The summed E-state index contributed by atoms with van der Waals surface area (Å²) in [6.07, 6.45) is 6.57. The number of allylic oxidation sites excluding steroid dienone is 7. The van der Waals surface area contributed by atoms with Gasteiger partial charge in [0.2, 0.25) is 0 Å². The molecule has 1 atom stereocenters. The van der Waals surface area contributed by atoms with Gasteiger partial charge in [-0.3, -0.25) is 0 Å². The van der Waals surface area contributed by atoms with E-state index in [2.05, 4.69) is 61.5 Å². The van der Waals surface area contributed by atoms with Gasteiger partial charge in [0.25, 0.3) is 0 Å². The molecule has 0 fully saturated rings. The molecule has 1 unspecified atom stereocenters. The third-order valence-electron chi connectivity index (χ3n) is 6.13. The van der Waals surface area contributed by atoms with E-state index in [1.165, 1.54) is 33.9 Å². The lowest BCUT2D eigenvalue weighted by atomic mass is 9.86. The Morgan fingerprint density at radius 3 is 2.21 bits per heavy atom. The molecule has 0 spiro atoms. The van der Waals surface area contributed by atoms with Crippen molar-refractivity contribution < 1.29 is 8.78 Å². The topological polar surface area (TPSA) is 0 Å². The average Bonchev–Trinajstić information content (AvgIpc) is 3.43. The molecule has 0 radical (unpaired) electrons. The molecule has 0 amide bonds. The molecule has 146 valence electrons. The standard InChI is InChI=1S/C26H22F2S/c1-2-29-26(22-13-7-12-18(22)21-14-15-23(27)25(21)28)24-19-10-5-3-8-16(19)17-9-4-6-11-20(17)24/h3-12,15,24,26H,2,13-14H2,1H3. The molecule has 0 bridgehead atoms. The van der Waals surface area contributed by atoms with Crippen molar-refractivity contribution in [3.8, 4) is 11.1 Å². The SMILES string of the molecule is CCSC(C1=C(C2=C(F)C(F)=CC2)C=CC1)C1c2ccccc2-c2ccccc21. The Labute approximate surface area is 174 Å². The zero-order valence-electron chi connectivity index (χ0n) is 16.3. The lowest BCUT2D eigenvalue weighted by Gasteiger charge is -2.28. The molecule has 0 N–H and O–H groups in total. The van der Waals surface area contributed by atoms with E-state index in [0.29, 0.717) is 12.0 Å². The molecule has 0 nitrogen and oxygen atoms in total. The van der Waals surface area contributed by atoms with Crippen LogP contribution in [0.3, 0.4) is 0 Å². The highest BCUT2D eigenvalue weighted by Gasteiger charge is 2.38. The van der Waals surface area contributed by atoms with Crippen LogP contribution in [0.15, 0.2) is 95.1 Å². The summed E-state index contributed by atoms with van der Waals surface area (Å²) in [5.41, 5.74) is 7.89. The minimum Gasteiger partial charge on any atom is -0.204 e. The van der Waals surface area contributed by atoms with E-state index in [1.807, 2.05) is 17.8 Å². The molecule has 5 rings (SSSR count). The lowest BCUT2D eigenvalue weighted by molar-refractivity contribution is 0.547. The summed E-state index contributed by atoms with van der Waals surface area (Å²) in [7, 11) is 0. The molecule has 0 aliphatic heterocycles. The van der Waals surface area contributed by atoms with E-state index in [1.54, 1.807) is 0 Å². The van der Waals surface area contributed by atoms with Crippen molar-refractivity contribution in [3.63, 3.8) is 0 Å². The maximum atomic E-state index is 14.5. The first kappa shape index (κ1) is 18.6. The van der Waals surface area contributed by atoms with E-state index in [-0.39, 0.29) is 11.2 Å². The molecule has 2 aromatic rings. The average molecular weight is 405 g/mol. The van der Waals surface area contributed by atoms with Gasteiger partial charge in [0, 0.05) is 16.7 Å². The van der Waals surface area contributed by atoms with Gasteiger partial charge in [-0.1, -0.05) is 67.6 Å². The van der Waals surface area contributed by atoms with Gasteiger partial charge in [-0.05, 0) is 58.1 Å². The van der Waals surface area contributed by atoms with Gasteiger partial charge in [-0.15, -0.1) is 0 Å². The Balaban J connectivity index is 1.66. The Morgan fingerprint density at radius 1 is 0.966 bits per heavy atom. The smallest absolute Gasteiger partial charge is 0.162 e. The van der Waals surface area contributed by atoms with Crippen LogP contribution in [0.1, 0.15) is 36.8 Å². The molecule has 3 heteroatoms. The van der Waals surface area contributed by atoms with Crippen LogP contribution in [-0.4, -0.2) is 11.0 Å². The van der Waals surface area contributed by atoms with Crippen molar-refractivity contribution in [2.45, 2.75) is 30.9 Å². The predicted octanol–water partition coefficient (Wildman–Crippen LogP) is 7.66. The summed E-state index contributed by atoms with van der Waals surface area (Å²) in [6.45, 7) is 2.17. The van der Waals surface area contributed by atoms with Gasteiger partial charge in [0.05, 0.1) is 0 Å². The molecule has 0 heterocycles. The second kappa shape index (κ2) is 7.46. The van der Waals surface area contributed by atoms with Crippen LogP contribution < -0.4 is 0 Å². The van der Waals surface area contributed by atoms with E-state index in [0.717, 1.165) is 17.7 Å². The van der Waals surface area contributed by atoms with E-state index < -0.39 is 11.7 Å². The summed E-state index contributed by atoms with van der Waals surface area (Å²) < 4.78 is 28.2. The van der Waals surface area contributed by atoms with E-state index >= 15 is 0 Å². The number of halogens is 2. The van der Waals surface area contributed by atoms with Crippen molar-refractivity contribution in [3.05, 3.63) is 106 Å². The molecule has 2 aromatic carbocycles. The van der Waals surface area contributed by atoms with Gasteiger partial charge in [0.15, 0.2) is 11.7 Å². The Morgan fingerprint density at radius 2 is 1.62 bits per heavy atom. The maximum Gasteiger partial charge on any atom is 0.162 e. The summed E-state index contributed by atoms with van der Waals surface area (Å²) in [4.78, 5) is 0. The monoisotopic (exact) mass is 404 g/mol. The molecule has 29 heavy (non-hydrogen) atoms. The fourth-order valence-electron chi connectivity index (χ4n) is 4.93. The van der Waals surface area contributed by atoms with Crippen LogP contribution in [0.25, 0.3) is 11.1 Å². The van der Waals surface area contributed by atoms with Crippen LogP contribution in [0.2, 0.25) is 0 Å². The van der Waals surface area contributed by atoms with Crippen molar-refractivity contribution in [2.75, 3.05) is 5.75 Å². The minimum atomic E-state index is -0.719. The van der Waals surface area contributed by atoms with Crippen LogP contribution in [-0.2, 0) is 0 Å². The van der Waals surface area contributed by atoms with Gasteiger partial charge in [0.1, 0.15) is 0 Å². The molecule has 3 aliphatic rings. The normalized spacial score (nSPS) is 19.1. The molecule has 0 aromatic heterocycles. The number of hydrogen-bond donors (Lipinski definition) is 0. The molecular formula is C26H22F2S. The van der Waals surface area contributed by atoms with Crippen LogP contribution >= 0.6 is 11.8 Å². The lowest BCUT2D eigenvalue weighted by Crippen LogP contribution is -2.19. The highest BCUT2D eigenvalue weighted by atomic mass is 32.2. The van der Waals surface area contributed by atoms with Crippen LogP contribution in [0, 0.1) is 0 Å². The Hall–Kier alpha value is -2.39. The van der Waals surface area contributed by atoms with Gasteiger partial charge >= 0.3 is 0 Å². The quantitative estimate of drug-likeness (QED) is 0.493. The highest BCUT2D eigenvalue weighted by Crippen LogP contribution is 2.52. The van der Waals surface area contributed by atoms with Crippen molar-refractivity contribution >= 4 is 11.8 Å².